The number of ketones is 1. The van der Waals surface area contributed by atoms with E-state index in [1.54, 1.807) is 31.5 Å². The van der Waals surface area contributed by atoms with Gasteiger partial charge in [0.05, 0.1) is 35.7 Å². The SMILES string of the molecule is CC(=O)c1nn(CC(=O)N2[C@H](C(=O)Nc3nc(Br)ccc3C)C[C@@]3(C)C(O)[C@@H]23)c2c(CO)nc(-c3cnc(C)nc3)cc12. The first-order chi connectivity index (χ1) is 20.4. The minimum absolute atomic E-state index is 0.109. The second-order valence-corrected chi connectivity index (χ2v) is 12.1. The number of piperidine rings is 1. The van der Waals surface area contributed by atoms with Gasteiger partial charge in [-0.2, -0.15) is 5.10 Å². The summed E-state index contributed by atoms with van der Waals surface area (Å²) in [6.45, 7) is 5.95. The number of aromatic nitrogens is 6. The number of amides is 2. The lowest BCUT2D eigenvalue weighted by atomic mass is 10.0. The van der Waals surface area contributed by atoms with E-state index in [1.807, 2.05) is 19.9 Å². The number of rotatable bonds is 7. The highest BCUT2D eigenvalue weighted by molar-refractivity contribution is 9.10. The zero-order valence-electron chi connectivity index (χ0n) is 23.9. The number of carbonyl (C=O) groups excluding carboxylic acids is 3. The Bertz CT molecular complexity index is 1810. The quantitative estimate of drug-likeness (QED) is 0.199. The van der Waals surface area contributed by atoms with Gasteiger partial charge in [0.15, 0.2) is 5.78 Å². The van der Waals surface area contributed by atoms with Crippen LogP contribution in [0.3, 0.4) is 0 Å². The van der Waals surface area contributed by atoms with Gasteiger partial charge < -0.3 is 20.4 Å². The van der Waals surface area contributed by atoms with E-state index < -0.39 is 42.0 Å². The summed E-state index contributed by atoms with van der Waals surface area (Å²) < 4.78 is 1.89. The molecule has 4 aromatic rings. The third-order valence-corrected chi connectivity index (χ3v) is 8.79. The van der Waals surface area contributed by atoms with Crippen LogP contribution >= 0.6 is 15.9 Å². The van der Waals surface area contributed by atoms with E-state index in [0.717, 1.165) is 5.56 Å². The van der Waals surface area contributed by atoms with Crippen molar-refractivity contribution in [2.24, 2.45) is 5.41 Å². The third kappa shape index (κ3) is 4.88. The zero-order chi connectivity index (χ0) is 30.8. The number of nitrogens with one attached hydrogen (secondary N) is 1. The van der Waals surface area contributed by atoms with Crippen molar-refractivity contribution in [2.45, 2.75) is 65.5 Å². The Kier molecular flexibility index (Phi) is 7.10. The number of anilines is 1. The van der Waals surface area contributed by atoms with Crippen molar-refractivity contribution in [3.8, 4) is 11.3 Å². The predicted octanol–water partition coefficient (Wildman–Crippen LogP) is 2.35. The molecule has 0 spiro atoms. The zero-order valence-corrected chi connectivity index (χ0v) is 25.5. The molecule has 0 aromatic carbocycles. The molecule has 2 aliphatic rings. The number of carbonyl (C=O) groups is 3. The molecule has 1 aliphatic heterocycles. The summed E-state index contributed by atoms with van der Waals surface area (Å²) in [5.74, 6) is -0.269. The third-order valence-electron chi connectivity index (χ3n) is 8.35. The number of Topliss-reactive ketones (excluding diaryl/α,β-unsaturated/α-hetero) is 1. The van der Waals surface area contributed by atoms with Crippen LogP contribution in [0.15, 0.2) is 35.2 Å². The number of aryl methyl sites for hydroxylation is 2. The van der Waals surface area contributed by atoms with Gasteiger partial charge in [0.25, 0.3) is 0 Å². The van der Waals surface area contributed by atoms with E-state index in [1.165, 1.54) is 16.5 Å². The van der Waals surface area contributed by atoms with Crippen molar-refractivity contribution >= 4 is 50.2 Å². The highest BCUT2D eigenvalue weighted by Gasteiger charge is 2.72. The van der Waals surface area contributed by atoms with Gasteiger partial charge in [-0.05, 0) is 53.9 Å². The fourth-order valence-electron chi connectivity index (χ4n) is 5.97. The lowest BCUT2D eigenvalue weighted by molar-refractivity contribution is -0.139. The van der Waals surface area contributed by atoms with Crippen LogP contribution in [0.5, 0.6) is 0 Å². The molecule has 3 N–H and O–H groups in total. The maximum atomic E-state index is 13.9. The fraction of sp³-hybridized carbons (Fsp3) is 0.379. The van der Waals surface area contributed by atoms with E-state index in [9.17, 15) is 24.6 Å². The molecule has 1 saturated carbocycles. The first kappa shape index (κ1) is 29.0. The average molecular weight is 650 g/mol. The number of aliphatic hydroxyl groups excluding tert-OH is 2. The molecule has 2 fully saturated rings. The number of likely N-dealkylation sites (tertiary alicyclic amines) is 1. The van der Waals surface area contributed by atoms with Crippen molar-refractivity contribution in [1.29, 1.82) is 0 Å². The summed E-state index contributed by atoms with van der Waals surface area (Å²) in [6, 6.07) is 3.83. The summed E-state index contributed by atoms with van der Waals surface area (Å²) in [6.07, 6.45) is 2.69. The molecule has 5 heterocycles. The van der Waals surface area contributed by atoms with E-state index in [-0.39, 0.29) is 30.1 Å². The van der Waals surface area contributed by atoms with Gasteiger partial charge in [0, 0.05) is 35.7 Å². The van der Waals surface area contributed by atoms with Crippen LogP contribution in [0.25, 0.3) is 22.2 Å². The Morgan fingerprint density at radius 1 is 1.16 bits per heavy atom. The maximum absolute atomic E-state index is 13.9. The van der Waals surface area contributed by atoms with Gasteiger partial charge in [-0.25, -0.2) is 19.9 Å². The van der Waals surface area contributed by atoms with E-state index in [0.29, 0.717) is 38.4 Å². The maximum Gasteiger partial charge on any atom is 0.248 e. The van der Waals surface area contributed by atoms with Crippen molar-refractivity contribution in [3.05, 3.63) is 58.0 Å². The van der Waals surface area contributed by atoms with Gasteiger partial charge in [0.2, 0.25) is 11.8 Å². The fourth-order valence-corrected chi connectivity index (χ4v) is 6.28. The molecule has 0 bridgehead atoms. The van der Waals surface area contributed by atoms with Crippen LogP contribution in [0, 0.1) is 19.3 Å². The molecule has 0 radical (unpaired) electrons. The molecule has 4 aromatic heterocycles. The molecule has 1 unspecified atom stereocenters. The molecule has 1 aliphatic carbocycles. The molecular weight excluding hydrogens is 620 g/mol. The van der Waals surface area contributed by atoms with E-state index >= 15 is 0 Å². The molecule has 4 atom stereocenters. The number of hydrogen-bond acceptors (Lipinski definition) is 10. The minimum atomic E-state index is -0.858. The van der Waals surface area contributed by atoms with Crippen molar-refractivity contribution < 1.29 is 24.6 Å². The molecule has 43 heavy (non-hydrogen) atoms. The number of halogens is 1. The normalized spacial score (nSPS) is 22.5. The summed E-state index contributed by atoms with van der Waals surface area (Å²) >= 11 is 3.32. The number of pyridine rings is 2. The standard InChI is InChI=1S/C29H29BrN8O5/c1-13-5-6-21(30)34-27(13)35-28(43)20-8-29(4)25(26(29)42)38(20)22(41)11-37-24-17(23(36-37)14(2)40)7-18(33-19(24)12-39)16-9-31-15(3)32-10-16/h5-7,9-10,20,25-26,39,42H,8,11-12H2,1-4H3,(H,34,35,43)/t20-,25+,26?,29+/m0/s1. The molecule has 222 valence electrons. The number of hydrogen-bond donors (Lipinski definition) is 3. The molecule has 1 saturated heterocycles. The number of nitrogens with zero attached hydrogens (tertiary/aromatic N) is 7. The summed E-state index contributed by atoms with van der Waals surface area (Å²) in [5.41, 5.74) is 1.80. The minimum Gasteiger partial charge on any atom is -0.390 e. The van der Waals surface area contributed by atoms with Crippen LogP contribution in [0.1, 0.15) is 47.8 Å². The van der Waals surface area contributed by atoms with Crippen molar-refractivity contribution in [3.63, 3.8) is 0 Å². The van der Waals surface area contributed by atoms with Crippen molar-refractivity contribution in [1.82, 2.24) is 34.6 Å². The van der Waals surface area contributed by atoms with Gasteiger partial charge >= 0.3 is 0 Å². The highest BCUT2D eigenvalue weighted by atomic mass is 79.9. The van der Waals surface area contributed by atoms with Crippen LogP contribution in [-0.2, 0) is 22.7 Å². The lowest BCUT2D eigenvalue weighted by Crippen LogP contribution is -2.48. The molecule has 6 rings (SSSR count). The summed E-state index contributed by atoms with van der Waals surface area (Å²) in [5, 5.41) is 28.7. The second kappa shape index (κ2) is 10.5. The lowest BCUT2D eigenvalue weighted by Gasteiger charge is -2.28. The monoisotopic (exact) mass is 648 g/mol. The Morgan fingerprint density at radius 3 is 2.56 bits per heavy atom. The smallest absolute Gasteiger partial charge is 0.248 e. The van der Waals surface area contributed by atoms with Crippen LogP contribution in [0.2, 0.25) is 0 Å². The Labute approximate surface area is 254 Å². The van der Waals surface area contributed by atoms with Crippen molar-refractivity contribution in [2.75, 3.05) is 5.32 Å². The Hall–Kier alpha value is -4.14. The first-order valence-corrected chi connectivity index (χ1v) is 14.5. The van der Waals surface area contributed by atoms with Gasteiger partial charge in [-0.1, -0.05) is 13.0 Å². The van der Waals surface area contributed by atoms with Crippen LogP contribution < -0.4 is 5.32 Å². The average Bonchev–Trinajstić information content (AvgIpc) is 3.25. The highest BCUT2D eigenvalue weighted by Crippen LogP contribution is 2.59. The van der Waals surface area contributed by atoms with Crippen LogP contribution in [0.4, 0.5) is 5.82 Å². The largest absolute Gasteiger partial charge is 0.390 e. The molecular formula is C29H29BrN8O5. The number of fused-ring (bicyclic) bond motifs is 2. The summed E-state index contributed by atoms with van der Waals surface area (Å²) in [4.78, 5) is 58.8. The molecule has 14 heteroatoms. The topological polar surface area (TPSA) is 176 Å². The van der Waals surface area contributed by atoms with Gasteiger partial charge in [-0.15, -0.1) is 0 Å². The van der Waals surface area contributed by atoms with Gasteiger partial charge in [-0.3, -0.25) is 19.1 Å². The Morgan fingerprint density at radius 2 is 1.88 bits per heavy atom. The van der Waals surface area contributed by atoms with Gasteiger partial charge in [0.1, 0.15) is 34.5 Å². The predicted molar refractivity (Wildman–Crippen MR) is 158 cm³/mol. The second-order valence-electron chi connectivity index (χ2n) is 11.3. The van der Waals surface area contributed by atoms with Crippen LogP contribution in [-0.4, -0.2) is 80.6 Å². The first-order valence-electron chi connectivity index (χ1n) is 13.7. The van der Waals surface area contributed by atoms with E-state index in [4.69, 9.17) is 0 Å². The summed E-state index contributed by atoms with van der Waals surface area (Å²) in [7, 11) is 0. The number of aliphatic hydroxyl groups is 2. The molecule has 2 amide bonds. The molecule has 13 nitrogen and oxygen atoms in total. The van der Waals surface area contributed by atoms with E-state index in [2.05, 4.69) is 46.3 Å². The Balaban J connectivity index is 1.35.